The molecule has 0 spiro atoms. The average molecular weight is 339 g/mol. The maximum Gasteiger partial charge on any atom is 0.168 e. The van der Waals surface area contributed by atoms with Gasteiger partial charge in [-0.25, -0.2) is 14.6 Å². The zero-order chi connectivity index (χ0) is 17.1. The first-order chi connectivity index (χ1) is 11.7. The highest BCUT2D eigenvalue weighted by Gasteiger charge is 2.14. The molecule has 5 nitrogen and oxygen atoms in total. The van der Waals surface area contributed by atoms with Gasteiger partial charge < -0.3 is 4.74 Å². The van der Waals surface area contributed by atoms with Gasteiger partial charge in [-0.15, -0.1) is 0 Å². The fourth-order valence-electron chi connectivity index (χ4n) is 2.30. The number of nitrogens with zero attached hydrogens (tertiary/aromatic N) is 4. The van der Waals surface area contributed by atoms with Crippen molar-refractivity contribution in [3.8, 4) is 17.1 Å². The summed E-state index contributed by atoms with van der Waals surface area (Å²) in [6.45, 7) is 7.50. The molecule has 3 rings (SSSR count). The van der Waals surface area contributed by atoms with E-state index in [2.05, 4.69) is 28.2 Å². The van der Waals surface area contributed by atoms with Crippen LogP contribution in [0.25, 0.3) is 28.1 Å². The molecule has 0 N–H and O–H groups in total. The van der Waals surface area contributed by atoms with Crippen molar-refractivity contribution in [1.29, 1.82) is 0 Å². The number of rotatable bonds is 5. The van der Waals surface area contributed by atoms with Crippen LogP contribution in [0.15, 0.2) is 61.8 Å². The monoisotopic (exact) mass is 338 g/mol. The van der Waals surface area contributed by atoms with Crippen molar-refractivity contribution in [2.45, 2.75) is 0 Å². The minimum Gasteiger partial charge on any atom is -0.497 e. The van der Waals surface area contributed by atoms with Crippen LogP contribution < -0.4 is 4.74 Å². The van der Waals surface area contributed by atoms with Gasteiger partial charge in [-0.1, -0.05) is 43.0 Å². The van der Waals surface area contributed by atoms with Gasteiger partial charge in [-0.05, 0) is 24.3 Å². The molecule has 0 aliphatic heterocycles. The number of hydrogen-bond acceptors (Lipinski definition) is 4. The SMILES string of the molecule is C=C/C=C(\C=C)n1ncc2c(Cl)nc(-c3cccc(OC)c3)nc21. The van der Waals surface area contributed by atoms with Crippen molar-refractivity contribution in [3.63, 3.8) is 0 Å². The maximum absolute atomic E-state index is 6.32. The van der Waals surface area contributed by atoms with Gasteiger partial charge >= 0.3 is 0 Å². The topological polar surface area (TPSA) is 52.8 Å². The molecule has 0 atom stereocenters. The summed E-state index contributed by atoms with van der Waals surface area (Å²) in [6, 6.07) is 7.48. The smallest absolute Gasteiger partial charge is 0.168 e. The molecule has 0 amide bonds. The lowest BCUT2D eigenvalue weighted by Crippen LogP contribution is -2.00. The predicted molar refractivity (Wildman–Crippen MR) is 97.0 cm³/mol. The highest BCUT2D eigenvalue weighted by atomic mass is 35.5. The van der Waals surface area contributed by atoms with Gasteiger partial charge in [0.05, 0.1) is 24.4 Å². The zero-order valence-corrected chi connectivity index (χ0v) is 13.9. The Morgan fingerprint density at radius 3 is 2.83 bits per heavy atom. The Kier molecular flexibility index (Phi) is 4.44. The zero-order valence-electron chi connectivity index (χ0n) is 13.1. The first-order valence-corrected chi connectivity index (χ1v) is 7.57. The lowest BCUT2D eigenvalue weighted by Gasteiger charge is -2.07. The van der Waals surface area contributed by atoms with Gasteiger partial charge in [-0.2, -0.15) is 5.10 Å². The molecule has 0 bridgehead atoms. The van der Waals surface area contributed by atoms with Gasteiger partial charge in [0.1, 0.15) is 10.9 Å². The number of fused-ring (bicyclic) bond motifs is 1. The van der Waals surface area contributed by atoms with Crippen molar-refractivity contribution in [2.24, 2.45) is 0 Å². The highest BCUT2D eigenvalue weighted by molar-refractivity contribution is 6.34. The summed E-state index contributed by atoms with van der Waals surface area (Å²) >= 11 is 6.32. The molecule has 120 valence electrons. The van der Waals surface area contributed by atoms with E-state index in [1.54, 1.807) is 36.2 Å². The number of benzene rings is 1. The molecule has 24 heavy (non-hydrogen) atoms. The molecule has 0 fully saturated rings. The fraction of sp³-hybridized carbons (Fsp3) is 0.0556. The maximum atomic E-state index is 6.32. The van der Waals surface area contributed by atoms with Crippen LogP contribution in [0.1, 0.15) is 0 Å². The second-order valence-electron chi connectivity index (χ2n) is 4.89. The molecular formula is C18H15ClN4O. The number of hydrogen-bond donors (Lipinski definition) is 0. The van der Waals surface area contributed by atoms with Gasteiger partial charge in [-0.3, -0.25) is 0 Å². The molecule has 0 aliphatic rings. The third-order valence-electron chi connectivity index (χ3n) is 3.45. The van der Waals surface area contributed by atoms with E-state index in [1.165, 1.54) is 0 Å². The summed E-state index contributed by atoms with van der Waals surface area (Å²) in [5.74, 6) is 1.22. The fourth-order valence-corrected chi connectivity index (χ4v) is 2.51. The Bertz CT molecular complexity index is 959. The number of methoxy groups -OCH3 is 1. The van der Waals surface area contributed by atoms with Gasteiger partial charge in [0.15, 0.2) is 11.5 Å². The lowest BCUT2D eigenvalue weighted by molar-refractivity contribution is 0.415. The quantitative estimate of drug-likeness (QED) is 0.512. The van der Waals surface area contributed by atoms with Crippen LogP contribution >= 0.6 is 11.6 Å². The minimum atomic E-state index is 0.339. The summed E-state index contributed by atoms with van der Waals surface area (Å²) in [4.78, 5) is 8.99. The van der Waals surface area contributed by atoms with Crippen LogP contribution in [0, 0.1) is 0 Å². The van der Waals surface area contributed by atoms with Crippen molar-refractivity contribution in [2.75, 3.05) is 7.11 Å². The van der Waals surface area contributed by atoms with E-state index in [1.807, 2.05) is 24.3 Å². The van der Waals surface area contributed by atoms with E-state index in [0.29, 0.717) is 22.0 Å². The molecule has 0 aliphatic carbocycles. The predicted octanol–water partition coefficient (Wildman–Crippen LogP) is 4.37. The second-order valence-corrected chi connectivity index (χ2v) is 5.25. The summed E-state index contributed by atoms with van der Waals surface area (Å²) in [7, 11) is 1.61. The van der Waals surface area contributed by atoms with E-state index >= 15 is 0 Å². The average Bonchev–Trinajstić information content (AvgIpc) is 3.04. The molecule has 0 unspecified atom stereocenters. The van der Waals surface area contributed by atoms with E-state index < -0.39 is 0 Å². The van der Waals surface area contributed by atoms with Gasteiger partial charge in [0.2, 0.25) is 0 Å². The van der Waals surface area contributed by atoms with Crippen molar-refractivity contribution >= 4 is 28.3 Å². The molecule has 6 heteroatoms. The molecule has 0 saturated carbocycles. The van der Waals surface area contributed by atoms with E-state index in [4.69, 9.17) is 16.3 Å². The molecule has 2 heterocycles. The third kappa shape index (κ3) is 2.81. The Balaban J connectivity index is 2.23. The Hall–Kier alpha value is -2.92. The van der Waals surface area contributed by atoms with E-state index in [9.17, 15) is 0 Å². The first-order valence-electron chi connectivity index (χ1n) is 7.19. The van der Waals surface area contributed by atoms with Crippen molar-refractivity contribution in [1.82, 2.24) is 19.7 Å². The van der Waals surface area contributed by atoms with Crippen molar-refractivity contribution in [3.05, 3.63) is 67.0 Å². The molecule has 0 radical (unpaired) electrons. The third-order valence-corrected chi connectivity index (χ3v) is 3.74. The summed E-state index contributed by atoms with van der Waals surface area (Å²) in [5, 5.41) is 5.34. The number of ether oxygens (including phenoxy) is 1. The summed E-state index contributed by atoms with van der Waals surface area (Å²) in [5.41, 5.74) is 2.14. The molecule has 2 aromatic heterocycles. The largest absolute Gasteiger partial charge is 0.497 e. The minimum absolute atomic E-state index is 0.339. The van der Waals surface area contributed by atoms with E-state index in [-0.39, 0.29) is 0 Å². The highest BCUT2D eigenvalue weighted by Crippen LogP contribution is 2.27. The summed E-state index contributed by atoms with van der Waals surface area (Å²) < 4.78 is 6.90. The standard InChI is InChI=1S/C18H15ClN4O/c1-4-7-13(5-2)23-18-15(11-20-23)16(19)21-17(22-18)12-8-6-9-14(10-12)24-3/h4-11H,1-2H2,3H3/b13-7+. The number of aromatic nitrogens is 4. The van der Waals surface area contributed by atoms with Crippen LogP contribution in [0.3, 0.4) is 0 Å². The van der Waals surface area contributed by atoms with E-state index in [0.717, 1.165) is 17.0 Å². The van der Waals surface area contributed by atoms with Crippen LogP contribution in [-0.2, 0) is 0 Å². The van der Waals surface area contributed by atoms with Crippen LogP contribution in [-0.4, -0.2) is 26.9 Å². The Morgan fingerprint density at radius 2 is 2.12 bits per heavy atom. The molecule has 0 saturated heterocycles. The molecule has 3 aromatic rings. The van der Waals surface area contributed by atoms with Gasteiger partial charge in [0.25, 0.3) is 0 Å². The summed E-state index contributed by atoms with van der Waals surface area (Å²) in [6.07, 6.45) is 6.76. The van der Waals surface area contributed by atoms with Crippen LogP contribution in [0.4, 0.5) is 0 Å². The number of allylic oxidation sites excluding steroid dienone is 4. The normalized spacial score (nSPS) is 11.5. The van der Waals surface area contributed by atoms with Gasteiger partial charge in [0, 0.05) is 5.56 Å². The Morgan fingerprint density at radius 1 is 1.29 bits per heavy atom. The number of halogens is 1. The molecular weight excluding hydrogens is 324 g/mol. The van der Waals surface area contributed by atoms with Crippen LogP contribution in [0.2, 0.25) is 5.15 Å². The lowest BCUT2D eigenvalue weighted by atomic mass is 10.2. The Labute approximate surface area is 144 Å². The van der Waals surface area contributed by atoms with Crippen LogP contribution in [0.5, 0.6) is 5.75 Å². The molecule has 1 aromatic carbocycles. The van der Waals surface area contributed by atoms with Crippen molar-refractivity contribution < 1.29 is 4.74 Å². The first kappa shape index (κ1) is 16.0. The second kappa shape index (κ2) is 6.68.